The third-order valence-electron chi connectivity index (χ3n) is 3.30. The lowest BCUT2D eigenvalue weighted by Crippen LogP contribution is -2.04. The van der Waals surface area contributed by atoms with Gasteiger partial charge in [0, 0.05) is 5.56 Å². The normalized spacial score (nSPS) is 25.0. The van der Waals surface area contributed by atoms with Gasteiger partial charge in [-0.25, -0.2) is 0 Å². The molecular weight excluding hydrogens is 204 g/mol. The number of benzene rings is 1. The average molecular weight is 222 g/mol. The summed E-state index contributed by atoms with van der Waals surface area (Å²) in [7, 11) is 3.33. The van der Waals surface area contributed by atoms with Gasteiger partial charge in [-0.05, 0) is 43.4 Å². The Balaban J connectivity index is 2.25. The Labute approximate surface area is 96.0 Å². The molecule has 1 aliphatic rings. The molecular formula is C13H18O3. The summed E-state index contributed by atoms with van der Waals surface area (Å²) < 4.78 is 10.5. The van der Waals surface area contributed by atoms with Crippen LogP contribution in [0.25, 0.3) is 0 Å². The molecule has 1 aliphatic carbocycles. The topological polar surface area (TPSA) is 38.7 Å². The van der Waals surface area contributed by atoms with Gasteiger partial charge in [0.2, 0.25) is 0 Å². The van der Waals surface area contributed by atoms with Gasteiger partial charge in [0.15, 0.2) is 0 Å². The molecule has 0 saturated heterocycles. The van der Waals surface area contributed by atoms with Crippen LogP contribution in [0.3, 0.4) is 0 Å². The lowest BCUT2D eigenvalue weighted by molar-refractivity contribution is 0.168. The summed E-state index contributed by atoms with van der Waals surface area (Å²) >= 11 is 0. The van der Waals surface area contributed by atoms with E-state index in [0.717, 1.165) is 23.5 Å². The molecule has 0 heterocycles. The molecule has 1 N–H and O–H groups in total. The van der Waals surface area contributed by atoms with Crippen molar-refractivity contribution in [2.45, 2.75) is 25.4 Å². The van der Waals surface area contributed by atoms with Crippen LogP contribution in [0, 0.1) is 5.92 Å². The van der Waals surface area contributed by atoms with E-state index in [-0.39, 0.29) is 6.10 Å². The van der Waals surface area contributed by atoms with Gasteiger partial charge in [-0.3, -0.25) is 0 Å². The van der Waals surface area contributed by atoms with Crippen molar-refractivity contribution in [1.29, 1.82) is 0 Å². The van der Waals surface area contributed by atoms with Gasteiger partial charge in [-0.15, -0.1) is 0 Å². The minimum atomic E-state index is -0.249. The predicted octanol–water partition coefficient (Wildman–Crippen LogP) is 2.19. The second kappa shape index (κ2) is 4.34. The molecule has 0 aliphatic heterocycles. The summed E-state index contributed by atoms with van der Waals surface area (Å²) in [6.07, 6.45) is 0.780. The number of aliphatic hydroxyl groups is 1. The van der Waals surface area contributed by atoms with Crippen molar-refractivity contribution >= 4 is 0 Å². The van der Waals surface area contributed by atoms with Crippen molar-refractivity contribution in [3.05, 3.63) is 23.8 Å². The zero-order valence-corrected chi connectivity index (χ0v) is 9.93. The van der Waals surface area contributed by atoms with Gasteiger partial charge < -0.3 is 14.6 Å². The molecule has 2 rings (SSSR count). The van der Waals surface area contributed by atoms with E-state index in [1.54, 1.807) is 14.2 Å². The Morgan fingerprint density at radius 3 is 2.56 bits per heavy atom. The minimum Gasteiger partial charge on any atom is -0.497 e. The van der Waals surface area contributed by atoms with Crippen LogP contribution in [0.15, 0.2) is 18.2 Å². The van der Waals surface area contributed by atoms with E-state index in [2.05, 4.69) is 0 Å². The summed E-state index contributed by atoms with van der Waals surface area (Å²) in [4.78, 5) is 0. The van der Waals surface area contributed by atoms with E-state index in [1.165, 1.54) is 0 Å². The second-order valence-corrected chi connectivity index (χ2v) is 4.35. The predicted molar refractivity (Wildman–Crippen MR) is 62.1 cm³/mol. The lowest BCUT2D eigenvalue weighted by atomic mass is 10.1. The van der Waals surface area contributed by atoms with Crippen molar-refractivity contribution in [3.63, 3.8) is 0 Å². The van der Waals surface area contributed by atoms with Crippen molar-refractivity contribution < 1.29 is 14.6 Å². The molecule has 1 fully saturated rings. The molecule has 3 atom stereocenters. The highest BCUT2D eigenvalue weighted by Gasteiger charge is 2.43. The SMILES string of the molecule is COc1ccc(OC)c([C@@H]2C[C@@H]2[C@@H](C)O)c1. The highest BCUT2D eigenvalue weighted by molar-refractivity contribution is 5.45. The van der Waals surface area contributed by atoms with Crippen LogP contribution in [0.4, 0.5) is 0 Å². The fourth-order valence-electron chi connectivity index (χ4n) is 2.23. The Morgan fingerprint density at radius 1 is 1.31 bits per heavy atom. The Kier molecular flexibility index (Phi) is 3.06. The number of aliphatic hydroxyl groups excluding tert-OH is 1. The molecule has 0 unspecified atom stereocenters. The van der Waals surface area contributed by atoms with Crippen molar-refractivity contribution in [2.75, 3.05) is 14.2 Å². The number of hydrogen-bond donors (Lipinski definition) is 1. The second-order valence-electron chi connectivity index (χ2n) is 4.35. The summed E-state index contributed by atoms with van der Waals surface area (Å²) in [5, 5.41) is 9.54. The van der Waals surface area contributed by atoms with Crippen LogP contribution in [0.1, 0.15) is 24.8 Å². The zero-order valence-electron chi connectivity index (χ0n) is 9.93. The molecule has 1 saturated carbocycles. The summed E-state index contributed by atoms with van der Waals surface area (Å²) in [6.45, 7) is 1.84. The van der Waals surface area contributed by atoms with Crippen LogP contribution >= 0.6 is 0 Å². The van der Waals surface area contributed by atoms with E-state index >= 15 is 0 Å². The van der Waals surface area contributed by atoms with Crippen LogP contribution in [0.2, 0.25) is 0 Å². The molecule has 0 aromatic heterocycles. The molecule has 0 bridgehead atoms. The monoisotopic (exact) mass is 222 g/mol. The Bertz CT molecular complexity index is 373. The van der Waals surface area contributed by atoms with E-state index < -0.39 is 0 Å². The first-order chi connectivity index (χ1) is 7.67. The molecule has 0 radical (unpaired) electrons. The molecule has 88 valence electrons. The summed E-state index contributed by atoms with van der Waals surface area (Å²) in [6, 6.07) is 5.82. The van der Waals surface area contributed by atoms with Crippen LogP contribution in [0.5, 0.6) is 11.5 Å². The maximum Gasteiger partial charge on any atom is 0.122 e. The third-order valence-corrected chi connectivity index (χ3v) is 3.30. The fraction of sp³-hybridized carbons (Fsp3) is 0.538. The van der Waals surface area contributed by atoms with Gasteiger partial charge in [-0.1, -0.05) is 0 Å². The molecule has 1 aromatic rings. The number of rotatable bonds is 4. The maximum atomic E-state index is 9.54. The molecule has 1 aromatic carbocycles. The number of methoxy groups -OCH3 is 2. The van der Waals surface area contributed by atoms with Crippen LogP contribution in [-0.2, 0) is 0 Å². The zero-order chi connectivity index (χ0) is 11.7. The number of hydrogen-bond acceptors (Lipinski definition) is 3. The van der Waals surface area contributed by atoms with E-state index in [0.29, 0.717) is 11.8 Å². The molecule has 0 spiro atoms. The van der Waals surface area contributed by atoms with Crippen molar-refractivity contribution in [1.82, 2.24) is 0 Å². The van der Waals surface area contributed by atoms with E-state index in [4.69, 9.17) is 9.47 Å². The molecule has 3 nitrogen and oxygen atoms in total. The van der Waals surface area contributed by atoms with Crippen LogP contribution < -0.4 is 9.47 Å². The summed E-state index contributed by atoms with van der Waals surface area (Å²) in [5.74, 6) is 2.49. The minimum absolute atomic E-state index is 0.249. The van der Waals surface area contributed by atoms with Gasteiger partial charge >= 0.3 is 0 Å². The standard InChI is InChI=1S/C13H18O3/c1-8(14)10-7-11(10)12-6-9(15-2)4-5-13(12)16-3/h4-6,8,10-11,14H,7H2,1-3H3/t8-,10-,11-/m1/s1. The first kappa shape index (κ1) is 11.3. The molecule has 16 heavy (non-hydrogen) atoms. The molecule has 3 heteroatoms. The van der Waals surface area contributed by atoms with Crippen molar-refractivity contribution in [2.24, 2.45) is 5.92 Å². The van der Waals surface area contributed by atoms with Gasteiger partial charge in [0.05, 0.1) is 20.3 Å². The first-order valence-corrected chi connectivity index (χ1v) is 5.57. The largest absolute Gasteiger partial charge is 0.497 e. The van der Waals surface area contributed by atoms with Crippen LogP contribution in [-0.4, -0.2) is 25.4 Å². The third kappa shape index (κ3) is 2.00. The van der Waals surface area contributed by atoms with E-state index in [9.17, 15) is 5.11 Å². The quantitative estimate of drug-likeness (QED) is 0.848. The highest BCUT2D eigenvalue weighted by atomic mass is 16.5. The van der Waals surface area contributed by atoms with Gasteiger partial charge in [-0.2, -0.15) is 0 Å². The average Bonchev–Trinajstić information content (AvgIpc) is 3.08. The maximum absolute atomic E-state index is 9.54. The lowest BCUT2D eigenvalue weighted by Gasteiger charge is -2.11. The fourth-order valence-corrected chi connectivity index (χ4v) is 2.23. The summed E-state index contributed by atoms with van der Waals surface area (Å²) in [5.41, 5.74) is 1.15. The van der Waals surface area contributed by atoms with Gasteiger partial charge in [0.25, 0.3) is 0 Å². The van der Waals surface area contributed by atoms with Crippen molar-refractivity contribution in [3.8, 4) is 11.5 Å². The highest BCUT2D eigenvalue weighted by Crippen LogP contribution is 2.52. The first-order valence-electron chi connectivity index (χ1n) is 5.57. The number of ether oxygens (including phenoxy) is 2. The Morgan fingerprint density at radius 2 is 2.06 bits per heavy atom. The smallest absolute Gasteiger partial charge is 0.122 e. The Hall–Kier alpha value is -1.22. The molecule has 0 amide bonds. The van der Waals surface area contributed by atoms with E-state index in [1.807, 2.05) is 25.1 Å². The van der Waals surface area contributed by atoms with Gasteiger partial charge in [0.1, 0.15) is 11.5 Å².